The minimum absolute atomic E-state index is 0.0524. The number of nitrogens with one attached hydrogen (secondary N) is 2. The Hall–Kier alpha value is -2.85. The van der Waals surface area contributed by atoms with Gasteiger partial charge in [-0.15, -0.1) is 11.3 Å². The molecule has 2 aromatic carbocycles. The summed E-state index contributed by atoms with van der Waals surface area (Å²) >= 11 is 1.71. The van der Waals surface area contributed by atoms with Crippen molar-refractivity contribution in [3.05, 3.63) is 93.8 Å². The van der Waals surface area contributed by atoms with E-state index in [1.165, 1.54) is 26.9 Å². The average Bonchev–Trinajstić information content (AvgIpc) is 3.41. The molecule has 0 bridgehead atoms. The first-order chi connectivity index (χ1) is 13.8. The molecule has 1 unspecified atom stereocenters. The highest BCUT2D eigenvalue weighted by Gasteiger charge is 2.22. The molecule has 1 amide bonds. The molecule has 0 aliphatic rings. The van der Waals surface area contributed by atoms with Gasteiger partial charge < -0.3 is 10.3 Å². The third-order valence-corrected chi connectivity index (χ3v) is 6.18. The number of thiophene rings is 1. The number of carbonyl (C=O) groups is 1. The van der Waals surface area contributed by atoms with Crippen molar-refractivity contribution in [2.75, 3.05) is 0 Å². The second-order valence-electron chi connectivity index (χ2n) is 6.97. The van der Waals surface area contributed by atoms with Crippen LogP contribution >= 0.6 is 11.3 Å². The van der Waals surface area contributed by atoms with Gasteiger partial charge in [0.1, 0.15) is 0 Å². The summed E-state index contributed by atoms with van der Waals surface area (Å²) in [5.74, 6) is 0.125. The number of para-hydroxylation sites is 1. The molecule has 4 heteroatoms. The number of amides is 1. The van der Waals surface area contributed by atoms with Gasteiger partial charge in [0.15, 0.2) is 0 Å². The van der Waals surface area contributed by atoms with Crippen LogP contribution < -0.4 is 5.32 Å². The molecule has 142 valence electrons. The van der Waals surface area contributed by atoms with Crippen molar-refractivity contribution in [3.63, 3.8) is 0 Å². The Morgan fingerprint density at radius 1 is 1.07 bits per heavy atom. The third-order valence-electron chi connectivity index (χ3n) is 5.20. The molecule has 4 rings (SSSR count). The second-order valence-corrected chi connectivity index (χ2v) is 7.95. The van der Waals surface area contributed by atoms with Crippen molar-refractivity contribution in [2.45, 2.75) is 32.2 Å². The number of aromatic amines is 1. The molecular formula is C24H24N2OS. The van der Waals surface area contributed by atoms with Gasteiger partial charge in [0, 0.05) is 40.9 Å². The number of H-pyrrole nitrogens is 1. The van der Waals surface area contributed by atoms with E-state index in [1.54, 1.807) is 11.3 Å². The van der Waals surface area contributed by atoms with E-state index >= 15 is 0 Å². The topological polar surface area (TPSA) is 44.9 Å². The monoisotopic (exact) mass is 388 g/mol. The van der Waals surface area contributed by atoms with E-state index in [2.05, 4.69) is 59.1 Å². The summed E-state index contributed by atoms with van der Waals surface area (Å²) in [5.41, 5.74) is 4.80. The molecule has 0 saturated carbocycles. The Kier molecular flexibility index (Phi) is 5.58. The van der Waals surface area contributed by atoms with Gasteiger partial charge in [-0.3, -0.25) is 4.79 Å². The van der Waals surface area contributed by atoms with E-state index in [0.29, 0.717) is 13.0 Å². The first kappa shape index (κ1) is 18.5. The van der Waals surface area contributed by atoms with Crippen LogP contribution in [0.5, 0.6) is 0 Å². The number of hydrogen-bond acceptors (Lipinski definition) is 2. The maximum Gasteiger partial charge on any atom is 0.221 e. The standard InChI is InChI=1S/C24H24N2OS/c1-2-18-10-6-11-19-21(16-26-24(18)19)20(22-12-7-13-28-22)14-23(27)25-15-17-8-4-3-5-9-17/h3-13,16,20,26H,2,14-15H2,1H3,(H,25,27). The zero-order valence-corrected chi connectivity index (χ0v) is 16.8. The number of aryl methyl sites for hydroxylation is 1. The lowest BCUT2D eigenvalue weighted by Crippen LogP contribution is -2.24. The largest absolute Gasteiger partial charge is 0.361 e. The molecular weight excluding hydrogens is 364 g/mol. The Morgan fingerprint density at radius 3 is 2.68 bits per heavy atom. The van der Waals surface area contributed by atoms with Gasteiger partial charge in [-0.05, 0) is 34.6 Å². The van der Waals surface area contributed by atoms with Gasteiger partial charge >= 0.3 is 0 Å². The maximum absolute atomic E-state index is 12.8. The summed E-state index contributed by atoms with van der Waals surface area (Å²) < 4.78 is 0. The Bertz CT molecular complexity index is 1050. The van der Waals surface area contributed by atoms with Gasteiger partial charge in [-0.25, -0.2) is 0 Å². The van der Waals surface area contributed by atoms with Gasteiger partial charge in [0.05, 0.1) is 0 Å². The molecule has 0 radical (unpaired) electrons. The van der Waals surface area contributed by atoms with E-state index in [4.69, 9.17) is 0 Å². The molecule has 3 nitrogen and oxygen atoms in total. The first-order valence-electron chi connectivity index (χ1n) is 9.69. The van der Waals surface area contributed by atoms with Gasteiger partial charge in [0.2, 0.25) is 5.91 Å². The third kappa shape index (κ3) is 3.87. The summed E-state index contributed by atoms with van der Waals surface area (Å²) in [5, 5.41) is 6.38. The highest BCUT2D eigenvalue weighted by atomic mass is 32.1. The fourth-order valence-corrected chi connectivity index (χ4v) is 4.58. The highest BCUT2D eigenvalue weighted by molar-refractivity contribution is 7.10. The molecule has 2 aromatic heterocycles. The Balaban J connectivity index is 1.59. The molecule has 28 heavy (non-hydrogen) atoms. The lowest BCUT2D eigenvalue weighted by Gasteiger charge is -2.15. The predicted octanol–water partition coefficient (Wildman–Crippen LogP) is 5.63. The van der Waals surface area contributed by atoms with Crippen molar-refractivity contribution < 1.29 is 4.79 Å². The SMILES string of the molecule is CCc1cccc2c(C(CC(=O)NCc3ccccc3)c3cccs3)c[nH]c12. The number of aromatic nitrogens is 1. The smallest absolute Gasteiger partial charge is 0.221 e. The number of benzene rings is 2. The molecule has 4 aromatic rings. The summed E-state index contributed by atoms with van der Waals surface area (Å²) in [6.07, 6.45) is 3.51. The Morgan fingerprint density at radius 2 is 1.93 bits per heavy atom. The number of carbonyl (C=O) groups excluding carboxylic acids is 1. The summed E-state index contributed by atoms with van der Waals surface area (Å²) in [6.45, 7) is 2.73. The van der Waals surface area contributed by atoms with E-state index in [1.807, 2.05) is 30.3 Å². The van der Waals surface area contributed by atoms with Crippen LogP contribution in [0, 0.1) is 0 Å². The molecule has 0 aliphatic carbocycles. The fraction of sp³-hybridized carbons (Fsp3) is 0.208. The maximum atomic E-state index is 12.8. The summed E-state index contributed by atoms with van der Waals surface area (Å²) in [4.78, 5) is 17.4. The van der Waals surface area contributed by atoms with Crippen LogP contribution in [0.15, 0.2) is 72.2 Å². The summed E-state index contributed by atoms with van der Waals surface area (Å²) in [6, 6.07) is 20.6. The van der Waals surface area contributed by atoms with Gasteiger partial charge in [-0.1, -0.05) is 61.5 Å². The van der Waals surface area contributed by atoms with Gasteiger partial charge in [0.25, 0.3) is 0 Å². The van der Waals surface area contributed by atoms with Crippen LogP contribution in [-0.2, 0) is 17.8 Å². The van der Waals surface area contributed by atoms with Crippen LogP contribution in [0.2, 0.25) is 0 Å². The van der Waals surface area contributed by atoms with Crippen molar-refractivity contribution in [1.82, 2.24) is 10.3 Å². The normalized spacial score (nSPS) is 12.2. The molecule has 2 N–H and O–H groups in total. The molecule has 0 fully saturated rings. The summed E-state index contributed by atoms with van der Waals surface area (Å²) in [7, 11) is 0. The zero-order valence-electron chi connectivity index (χ0n) is 15.9. The fourth-order valence-electron chi connectivity index (χ4n) is 3.73. The molecule has 0 spiro atoms. The van der Waals surface area contributed by atoms with E-state index in [0.717, 1.165) is 12.0 Å². The van der Waals surface area contributed by atoms with Crippen LogP contribution in [-0.4, -0.2) is 10.9 Å². The van der Waals surface area contributed by atoms with Crippen LogP contribution in [0.1, 0.15) is 40.8 Å². The van der Waals surface area contributed by atoms with Crippen molar-refractivity contribution in [1.29, 1.82) is 0 Å². The highest BCUT2D eigenvalue weighted by Crippen LogP contribution is 2.36. The van der Waals surface area contributed by atoms with Crippen molar-refractivity contribution in [3.8, 4) is 0 Å². The zero-order chi connectivity index (χ0) is 19.3. The van der Waals surface area contributed by atoms with E-state index in [-0.39, 0.29) is 11.8 Å². The molecule has 2 heterocycles. The van der Waals surface area contributed by atoms with E-state index < -0.39 is 0 Å². The second kappa shape index (κ2) is 8.44. The molecule has 1 atom stereocenters. The number of fused-ring (bicyclic) bond motifs is 1. The lowest BCUT2D eigenvalue weighted by atomic mass is 9.92. The average molecular weight is 389 g/mol. The van der Waals surface area contributed by atoms with Gasteiger partial charge in [-0.2, -0.15) is 0 Å². The number of rotatable bonds is 7. The minimum atomic E-state index is 0.0524. The van der Waals surface area contributed by atoms with Crippen LogP contribution in [0.4, 0.5) is 0 Å². The van der Waals surface area contributed by atoms with Crippen LogP contribution in [0.3, 0.4) is 0 Å². The molecule has 0 saturated heterocycles. The quantitative estimate of drug-likeness (QED) is 0.423. The first-order valence-corrected chi connectivity index (χ1v) is 10.6. The predicted molar refractivity (Wildman–Crippen MR) is 117 cm³/mol. The van der Waals surface area contributed by atoms with E-state index in [9.17, 15) is 4.79 Å². The van der Waals surface area contributed by atoms with Crippen molar-refractivity contribution >= 4 is 28.1 Å². The lowest BCUT2D eigenvalue weighted by molar-refractivity contribution is -0.121. The number of hydrogen-bond donors (Lipinski definition) is 2. The Labute approximate surface area is 169 Å². The van der Waals surface area contributed by atoms with Crippen molar-refractivity contribution in [2.24, 2.45) is 0 Å². The van der Waals surface area contributed by atoms with Crippen LogP contribution in [0.25, 0.3) is 10.9 Å². The minimum Gasteiger partial charge on any atom is -0.361 e. The molecule has 0 aliphatic heterocycles.